The van der Waals surface area contributed by atoms with Crippen LogP contribution in [-0.4, -0.2) is 28.8 Å². The minimum atomic E-state index is -0.852. The number of aliphatic hydroxyl groups is 2. The van der Waals surface area contributed by atoms with Crippen molar-refractivity contribution in [1.29, 1.82) is 0 Å². The molecule has 0 spiro atoms. The number of carbonyl (C=O) groups is 1. The number of amides is 1. The summed E-state index contributed by atoms with van der Waals surface area (Å²) in [7, 11) is 0. The zero-order chi connectivity index (χ0) is 23.0. The van der Waals surface area contributed by atoms with Crippen LogP contribution >= 0.6 is 23.2 Å². The number of rotatable bonds is 11. The van der Waals surface area contributed by atoms with Gasteiger partial charge in [-0.15, -0.1) is 6.58 Å². The highest BCUT2D eigenvalue weighted by Gasteiger charge is 2.30. The highest BCUT2D eigenvalue weighted by atomic mass is 35.5. The highest BCUT2D eigenvalue weighted by Crippen LogP contribution is 2.38. The Hall–Kier alpha value is -1.85. The first-order valence-electron chi connectivity index (χ1n) is 10.5. The van der Waals surface area contributed by atoms with Crippen molar-refractivity contribution in [3.63, 3.8) is 0 Å². The molecule has 4 nitrogen and oxygen atoms in total. The molecular formula is C25H31Cl2NO3. The molecule has 0 bridgehead atoms. The fourth-order valence-electron chi connectivity index (χ4n) is 3.62. The second kappa shape index (κ2) is 12.3. The van der Waals surface area contributed by atoms with Gasteiger partial charge in [0.2, 0.25) is 5.91 Å². The molecule has 0 aliphatic carbocycles. The molecule has 2 aromatic carbocycles. The first-order chi connectivity index (χ1) is 14.8. The Morgan fingerprint density at radius 1 is 1.10 bits per heavy atom. The number of aliphatic hydroxyl groups excluding tert-OH is 2. The summed E-state index contributed by atoms with van der Waals surface area (Å²) in [5, 5.41) is 24.9. The van der Waals surface area contributed by atoms with Gasteiger partial charge in [0, 0.05) is 21.9 Å². The third-order valence-corrected chi connectivity index (χ3v) is 6.05. The van der Waals surface area contributed by atoms with Crippen LogP contribution in [0.15, 0.2) is 61.2 Å². The van der Waals surface area contributed by atoms with E-state index in [4.69, 9.17) is 23.2 Å². The number of halogens is 2. The van der Waals surface area contributed by atoms with Crippen LogP contribution in [0.25, 0.3) is 0 Å². The Balaban J connectivity index is 2.35. The molecule has 3 unspecified atom stereocenters. The van der Waals surface area contributed by atoms with E-state index >= 15 is 0 Å². The van der Waals surface area contributed by atoms with E-state index in [2.05, 4.69) is 11.9 Å². The van der Waals surface area contributed by atoms with E-state index < -0.39 is 12.0 Å². The van der Waals surface area contributed by atoms with E-state index in [0.29, 0.717) is 28.5 Å². The molecule has 0 aromatic heterocycles. The SMILES string of the molecule is C=CCC(CC(c1cccc(Cl)c1)C(O)c1ccc(Cl)cc1)C(=O)N[C@H](CO)C(C)C. The number of allylic oxidation sites excluding steroid dienone is 1. The zero-order valence-corrected chi connectivity index (χ0v) is 19.5. The van der Waals surface area contributed by atoms with Crippen molar-refractivity contribution >= 4 is 29.1 Å². The lowest BCUT2D eigenvalue weighted by molar-refractivity contribution is -0.126. The van der Waals surface area contributed by atoms with Crippen molar-refractivity contribution in [2.45, 2.75) is 44.8 Å². The second-order valence-corrected chi connectivity index (χ2v) is 9.03. The average Bonchev–Trinajstić information content (AvgIpc) is 2.74. The summed E-state index contributed by atoms with van der Waals surface area (Å²) in [6.45, 7) is 7.56. The fourth-order valence-corrected chi connectivity index (χ4v) is 3.94. The van der Waals surface area contributed by atoms with Crippen LogP contribution in [-0.2, 0) is 4.79 Å². The molecule has 168 valence electrons. The van der Waals surface area contributed by atoms with Crippen LogP contribution in [0.5, 0.6) is 0 Å². The Bertz CT molecular complexity index is 854. The van der Waals surface area contributed by atoms with Gasteiger partial charge < -0.3 is 15.5 Å². The van der Waals surface area contributed by atoms with E-state index in [9.17, 15) is 15.0 Å². The summed E-state index contributed by atoms with van der Waals surface area (Å²) in [5.41, 5.74) is 1.56. The quantitative estimate of drug-likeness (QED) is 0.383. The van der Waals surface area contributed by atoms with Crippen molar-refractivity contribution in [1.82, 2.24) is 5.32 Å². The molecule has 2 rings (SSSR count). The number of nitrogens with one attached hydrogen (secondary N) is 1. The van der Waals surface area contributed by atoms with Gasteiger partial charge in [0.05, 0.1) is 18.8 Å². The van der Waals surface area contributed by atoms with Gasteiger partial charge in [0.15, 0.2) is 0 Å². The van der Waals surface area contributed by atoms with Crippen molar-refractivity contribution < 1.29 is 15.0 Å². The molecule has 0 aliphatic heterocycles. The van der Waals surface area contributed by atoms with Crippen LogP contribution in [0.2, 0.25) is 10.0 Å². The van der Waals surface area contributed by atoms with Gasteiger partial charge in [-0.1, -0.05) is 67.4 Å². The van der Waals surface area contributed by atoms with Gasteiger partial charge in [0.1, 0.15) is 0 Å². The summed E-state index contributed by atoms with van der Waals surface area (Å²) < 4.78 is 0. The van der Waals surface area contributed by atoms with Gasteiger partial charge in [0.25, 0.3) is 0 Å². The minimum Gasteiger partial charge on any atom is -0.394 e. The lowest BCUT2D eigenvalue weighted by atomic mass is 9.81. The summed E-state index contributed by atoms with van der Waals surface area (Å²) >= 11 is 12.2. The lowest BCUT2D eigenvalue weighted by Crippen LogP contribution is -2.44. The van der Waals surface area contributed by atoms with Crippen LogP contribution in [0.1, 0.15) is 49.8 Å². The maximum atomic E-state index is 13.0. The zero-order valence-electron chi connectivity index (χ0n) is 18.0. The molecule has 4 atom stereocenters. The van der Waals surface area contributed by atoms with Gasteiger partial charge in [-0.25, -0.2) is 0 Å². The Morgan fingerprint density at radius 2 is 1.77 bits per heavy atom. The van der Waals surface area contributed by atoms with Gasteiger partial charge in [-0.05, 0) is 54.2 Å². The maximum Gasteiger partial charge on any atom is 0.223 e. The molecule has 1 amide bonds. The van der Waals surface area contributed by atoms with Crippen LogP contribution < -0.4 is 5.32 Å². The largest absolute Gasteiger partial charge is 0.394 e. The van der Waals surface area contributed by atoms with Crippen molar-refractivity contribution in [3.05, 3.63) is 82.4 Å². The Labute approximate surface area is 194 Å². The third kappa shape index (κ3) is 7.36. The highest BCUT2D eigenvalue weighted by molar-refractivity contribution is 6.30. The van der Waals surface area contributed by atoms with Crippen LogP contribution in [0, 0.1) is 11.8 Å². The Kier molecular flexibility index (Phi) is 10.0. The first-order valence-corrected chi connectivity index (χ1v) is 11.2. The molecule has 0 heterocycles. The number of carbonyl (C=O) groups excluding carboxylic acids is 1. The molecule has 0 fully saturated rings. The summed E-state index contributed by atoms with van der Waals surface area (Å²) in [4.78, 5) is 13.0. The number of hydrogen-bond acceptors (Lipinski definition) is 3. The van der Waals surface area contributed by atoms with E-state index in [1.54, 1.807) is 36.4 Å². The van der Waals surface area contributed by atoms with E-state index in [-0.39, 0.29) is 30.4 Å². The number of benzene rings is 2. The van der Waals surface area contributed by atoms with Crippen molar-refractivity contribution in [2.24, 2.45) is 11.8 Å². The van der Waals surface area contributed by atoms with E-state index in [1.165, 1.54) is 0 Å². The van der Waals surface area contributed by atoms with E-state index in [1.807, 2.05) is 32.0 Å². The predicted octanol–water partition coefficient (Wildman–Crippen LogP) is 5.53. The molecule has 31 heavy (non-hydrogen) atoms. The minimum absolute atomic E-state index is 0.0988. The summed E-state index contributed by atoms with van der Waals surface area (Å²) in [6.07, 6.45) is 1.69. The molecule has 0 radical (unpaired) electrons. The molecular weight excluding hydrogens is 433 g/mol. The second-order valence-electron chi connectivity index (χ2n) is 8.16. The average molecular weight is 464 g/mol. The molecule has 0 saturated heterocycles. The van der Waals surface area contributed by atoms with Gasteiger partial charge in [-0.2, -0.15) is 0 Å². The van der Waals surface area contributed by atoms with Gasteiger partial charge in [-0.3, -0.25) is 4.79 Å². The van der Waals surface area contributed by atoms with Crippen molar-refractivity contribution in [2.75, 3.05) is 6.61 Å². The molecule has 2 aromatic rings. The maximum absolute atomic E-state index is 13.0. The number of hydrogen-bond donors (Lipinski definition) is 3. The molecule has 6 heteroatoms. The fraction of sp³-hybridized carbons (Fsp3) is 0.400. The smallest absolute Gasteiger partial charge is 0.223 e. The normalized spacial score (nSPS) is 15.2. The topological polar surface area (TPSA) is 69.6 Å². The van der Waals surface area contributed by atoms with Crippen LogP contribution in [0.4, 0.5) is 0 Å². The predicted molar refractivity (Wildman–Crippen MR) is 127 cm³/mol. The molecule has 3 N–H and O–H groups in total. The van der Waals surface area contributed by atoms with Crippen molar-refractivity contribution in [3.8, 4) is 0 Å². The first kappa shape index (κ1) is 25.4. The third-order valence-electron chi connectivity index (χ3n) is 5.56. The monoisotopic (exact) mass is 463 g/mol. The van der Waals surface area contributed by atoms with Gasteiger partial charge >= 0.3 is 0 Å². The standard InChI is InChI=1S/C25H31Cl2NO3/c1-4-6-19(25(31)28-23(15-29)16(2)3)14-22(18-7-5-8-21(27)13-18)24(30)17-9-11-20(26)12-10-17/h4-5,7-13,16,19,22-24,29-30H,1,6,14-15H2,2-3H3,(H,28,31)/t19?,22?,23-,24?/m1/s1. The lowest BCUT2D eigenvalue weighted by Gasteiger charge is -2.29. The Morgan fingerprint density at radius 3 is 2.32 bits per heavy atom. The molecule has 0 saturated carbocycles. The molecule has 0 aliphatic rings. The van der Waals surface area contributed by atoms with E-state index in [0.717, 1.165) is 5.56 Å². The van der Waals surface area contributed by atoms with Crippen LogP contribution in [0.3, 0.4) is 0 Å². The summed E-state index contributed by atoms with van der Waals surface area (Å²) in [6, 6.07) is 14.0. The summed E-state index contributed by atoms with van der Waals surface area (Å²) in [5.74, 6) is -0.858.